The summed E-state index contributed by atoms with van der Waals surface area (Å²) in [7, 11) is 1.64. The zero-order valence-corrected chi connectivity index (χ0v) is 9.35. The van der Waals surface area contributed by atoms with Crippen LogP contribution in [0.4, 0.5) is 0 Å². The molecule has 0 aromatic heterocycles. The van der Waals surface area contributed by atoms with Crippen molar-refractivity contribution in [3.8, 4) is 5.75 Å². The lowest BCUT2D eigenvalue weighted by atomic mass is 9.96. The summed E-state index contributed by atoms with van der Waals surface area (Å²) in [6.45, 7) is 0. The Kier molecular flexibility index (Phi) is 3.13. The summed E-state index contributed by atoms with van der Waals surface area (Å²) in [6.07, 6.45) is 2.54. The predicted octanol–water partition coefficient (Wildman–Crippen LogP) is 2.66. The Morgan fingerprint density at radius 3 is 2.50 bits per heavy atom. The number of carboxylic acids is 1. The van der Waals surface area contributed by atoms with Gasteiger partial charge in [-0.25, -0.2) is 0 Å². The Bertz CT molecular complexity index is 369. The summed E-state index contributed by atoms with van der Waals surface area (Å²) in [5.74, 6) is 0.423. The average molecular weight is 220 g/mol. The summed E-state index contributed by atoms with van der Waals surface area (Å²) in [4.78, 5) is 10.9. The average Bonchev–Trinajstić information content (AvgIpc) is 2.78. The maximum Gasteiger partial charge on any atom is 0.306 e. The zero-order chi connectivity index (χ0) is 11.5. The van der Waals surface area contributed by atoms with Gasteiger partial charge in [-0.05, 0) is 42.9 Å². The molecule has 3 heteroatoms. The maximum atomic E-state index is 10.9. The summed E-state index contributed by atoms with van der Waals surface area (Å²) < 4.78 is 5.10. The molecule has 3 nitrogen and oxygen atoms in total. The van der Waals surface area contributed by atoms with E-state index in [1.807, 2.05) is 24.3 Å². The summed E-state index contributed by atoms with van der Waals surface area (Å²) in [5.41, 5.74) is 1.23. The van der Waals surface area contributed by atoms with Gasteiger partial charge >= 0.3 is 5.97 Å². The minimum absolute atomic E-state index is 0.160. The predicted molar refractivity (Wildman–Crippen MR) is 60.7 cm³/mol. The summed E-state index contributed by atoms with van der Waals surface area (Å²) in [6, 6.07) is 7.94. The highest BCUT2D eigenvalue weighted by molar-refractivity contribution is 5.70. The van der Waals surface area contributed by atoms with E-state index in [9.17, 15) is 4.79 Å². The van der Waals surface area contributed by atoms with Crippen LogP contribution in [0.1, 0.15) is 30.7 Å². The first-order valence-electron chi connectivity index (χ1n) is 5.57. The first-order chi connectivity index (χ1) is 7.70. The molecule has 1 aliphatic rings. The maximum absolute atomic E-state index is 10.9. The van der Waals surface area contributed by atoms with E-state index in [1.165, 1.54) is 5.56 Å². The fraction of sp³-hybridized carbons (Fsp3) is 0.462. The van der Waals surface area contributed by atoms with Crippen molar-refractivity contribution in [1.29, 1.82) is 0 Å². The van der Waals surface area contributed by atoms with E-state index in [4.69, 9.17) is 9.84 Å². The second-order valence-corrected chi connectivity index (χ2v) is 4.32. The van der Waals surface area contributed by atoms with Crippen LogP contribution in [0.3, 0.4) is 0 Å². The van der Waals surface area contributed by atoms with Crippen LogP contribution >= 0.6 is 0 Å². The lowest BCUT2D eigenvalue weighted by Gasteiger charge is -2.10. The van der Waals surface area contributed by atoms with Crippen LogP contribution in [0.25, 0.3) is 0 Å². The smallest absolute Gasteiger partial charge is 0.306 e. The molecule has 1 aliphatic carbocycles. The Labute approximate surface area is 95.0 Å². The monoisotopic (exact) mass is 220 g/mol. The number of hydrogen-bond acceptors (Lipinski definition) is 2. The number of carboxylic acid groups (broad SMARTS) is 1. The first-order valence-corrected chi connectivity index (χ1v) is 5.57. The minimum Gasteiger partial charge on any atom is -0.497 e. The highest BCUT2D eigenvalue weighted by Crippen LogP contribution is 2.38. The van der Waals surface area contributed by atoms with Crippen molar-refractivity contribution < 1.29 is 14.6 Å². The van der Waals surface area contributed by atoms with Crippen molar-refractivity contribution in [2.45, 2.75) is 25.2 Å². The number of rotatable bonds is 3. The second kappa shape index (κ2) is 4.56. The SMILES string of the molecule is COc1ccc([C@@H]2CC[C@H](C(=O)O)C2)cc1. The lowest BCUT2D eigenvalue weighted by Crippen LogP contribution is -2.09. The van der Waals surface area contributed by atoms with Crippen molar-refractivity contribution >= 4 is 5.97 Å². The van der Waals surface area contributed by atoms with Crippen LogP contribution in [-0.4, -0.2) is 18.2 Å². The Morgan fingerprint density at radius 1 is 1.31 bits per heavy atom. The quantitative estimate of drug-likeness (QED) is 0.851. The van der Waals surface area contributed by atoms with Gasteiger partial charge in [-0.1, -0.05) is 12.1 Å². The standard InChI is InChI=1S/C13H16O3/c1-16-12-6-4-9(5-7-12)10-2-3-11(8-10)13(14)15/h4-7,10-11H,2-3,8H2,1H3,(H,14,15)/t10-,11+/m1/s1. The molecular weight excluding hydrogens is 204 g/mol. The molecule has 2 atom stereocenters. The molecule has 0 aliphatic heterocycles. The Morgan fingerprint density at radius 2 is 2.00 bits per heavy atom. The molecular formula is C13H16O3. The van der Waals surface area contributed by atoms with Crippen LogP contribution in [0.5, 0.6) is 5.75 Å². The van der Waals surface area contributed by atoms with Gasteiger partial charge in [-0.3, -0.25) is 4.79 Å². The first kappa shape index (κ1) is 11.0. The van der Waals surface area contributed by atoms with Crippen molar-refractivity contribution in [3.63, 3.8) is 0 Å². The number of benzene rings is 1. The van der Waals surface area contributed by atoms with Crippen LogP contribution < -0.4 is 4.74 Å². The fourth-order valence-corrected chi connectivity index (χ4v) is 2.38. The highest BCUT2D eigenvalue weighted by Gasteiger charge is 2.30. The van der Waals surface area contributed by atoms with E-state index in [0.29, 0.717) is 5.92 Å². The molecule has 0 saturated heterocycles. The Hall–Kier alpha value is -1.51. The van der Waals surface area contributed by atoms with Gasteiger partial charge in [-0.2, -0.15) is 0 Å². The van der Waals surface area contributed by atoms with Gasteiger partial charge in [-0.15, -0.1) is 0 Å². The van der Waals surface area contributed by atoms with Gasteiger partial charge in [0.25, 0.3) is 0 Å². The molecule has 0 amide bonds. The summed E-state index contributed by atoms with van der Waals surface area (Å²) >= 11 is 0. The third kappa shape index (κ3) is 2.18. The van der Waals surface area contributed by atoms with E-state index in [-0.39, 0.29) is 5.92 Å². The van der Waals surface area contributed by atoms with E-state index in [0.717, 1.165) is 25.0 Å². The Balaban J connectivity index is 2.05. The van der Waals surface area contributed by atoms with E-state index in [1.54, 1.807) is 7.11 Å². The van der Waals surface area contributed by atoms with Crippen molar-refractivity contribution in [2.24, 2.45) is 5.92 Å². The second-order valence-electron chi connectivity index (χ2n) is 4.32. The third-order valence-electron chi connectivity index (χ3n) is 3.37. The number of methoxy groups -OCH3 is 1. The molecule has 1 saturated carbocycles. The zero-order valence-electron chi connectivity index (χ0n) is 9.35. The van der Waals surface area contributed by atoms with Crippen molar-refractivity contribution in [3.05, 3.63) is 29.8 Å². The normalized spacial score (nSPS) is 24.3. The molecule has 2 rings (SSSR count). The van der Waals surface area contributed by atoms with Crippen LogP contribution in [0, 0.1) is 5.92 Å². The molecule has 0 unspecified atom stereocenters. The molecule has 0 spiro atoms. The molecule has 1 aromatic rings. The molecule has 86 valence electrons. The van der Waals surface area contributed by atoms with Gasteiger partial charge in [0.05, 0.1) is 13.0 Å². The summed E-state index contributed by atoms with van der Waals surface area (Å²) in [5, 5.41) is 8.94. The highest BCUT2D eigenvalue weighted by atomic mass is 16.5. The lowest BCUT2D eigenvalue weighted by molar-refractivity contribution is -0.141. The van der Waals surface area contributed by atoms with E-state index < -0.39 is 5.97 Å². The molecule has 0 heterocycles. The van der Waals surface area contributed by atoms with Gasteiger partial charge in [0, 0.05) is 0 Å². The van der Waals surface area contributed by atoms with Crippen LogP contribution in [0.15, 0.2) is 24.3 Å². The number of ether oxygens (including phenoxy) is 1. The molecule has 1 N–H and O–H groups in total. The van der Waals surface area contributed by atoms with Crippen LogP contribution in [0.2, 0.25) is 0 Å². The molecule has 16 heavy (non-hydrogen) atoms. The number of aliphatic carboxylic acids is 1. The molecule has 0 bridgehead atoms. The number of hydrogen-bond donors (Lipinski definition) is 1. The van der Waals surface area contributed by atoms with E-state index >= 15 is 0 Å². The molecule has 1 aromatic carbocycles. The van der Waals surface area contributed by atoms with Crippen molar-refractivity contribution in [2.75, 3.05) is 7.11 Å². The third-order valence-corrected chi connectivity index (χ3v) is 3.37. The van der Waals surface area contributed by atoms with Crippen molar-refractivity contribution in [1.82, 2.24) is 0 Å². The van der Waals surface area contributed by atoms with Gasteiger partial charge in [0.15, 0.2) is 0 Å². The molecule has 1 fully saturated rings. The minimum atomic E-state index is -0.656. The largest absolute Gasteiger partial charge is 0.497 e. The van der Waals surface area contributed by atoms with Gasteiger partial charge in [0.1, 0.15) is 5.75 Å². The van der Waals surface area contributed by atoms with Crippen LogP contribution in [-0.2, 0) is 4.79 Å². The molecule has 0 radical (unpaired) electrons. The number of carbonyl (C=O) groups is 1. The fourth-order valence-electron chi connectivity index (χ4n) is 2.38. The topological polar surface area (TPSA) is 46.5 Å². The van der Waals surface area contributed by atoms with Gasteiger partial charge < -0.3 is 9.84 Å². The van der Waals surface area contributed by atoms with E-state index in [2.05, 4.69) is 0 Å². The van der Waals surface area contributed by atoms with Gasteiger partial charge in [0.2, 0.25) is 0 Å².